The summed E-state index contributed by atoms with van der Waals surface area (Å²) >= 11 is 0. The first-order valence-corrected chi connectivity index (χ1v) is 14.9. The molecule has 1 aromatic carbocycles. The minimum Gasteiger partial charge on any atom is -0.478 e. The predicted octanol–water partition coefficient (Wildman–Crippen LogP) is 7.66. The molecule has 0 bridgehead atoms. The molecule has 0 unspecified atom stereocenters. The van der Waals surface area contributed by atoms with Gasteiger partial charge in [-0.25, -0.2) is 9.59 Å². The average Bonchev–Trinajstić information content (AvgIpc) is 2.85. The maximum absolute atomic E-state index is 12.6. The van der Waals surface area contributed by atoms with Gasteiger partial charge in [-0.15, -0.1) is 0 Å². The van der Waals surface area contributed by atoms with E-state index in [0.29, 0.717) is 6.42 Å². The zero-order chi connectivity index (χ0) is 30.0. The first-order valence-electron chi connectivity index (χ1n) is 14.9. The van der Waals surface area contributed by atoms with Gasteiger partial charge in [0.2, 0.25) is 11.8 Å². The van der Waals surface area contributed by atoms with E-state index in [0.717, 1.165) is 19.3 Å². The Hall–Kier alpha value is -3.10. The fraction of sp³-hybridized carbons (Fsp3) is 0.677. The summed E-state index contributed by atoms with van der Waals surface area (Å²) in [4.78, 5) is 48.6. The summed E-state index contributed by atoms with van der Waals surface area (Å²) in [5.74, 6) is -1.96. The highest BCUT2D eigenvalue weighted by Gasteiger charge is 2.21. The summed E-state index contributed by atoms with van der Waals surface area (Å²) in [5, 5.41) is 17.2. The van der Waals surface area contributed by atoms with Crippen LogP contribution in [0.15, 0.2) is 18.2 Å². The van der Waals surface area contributed by atoms with E-state index in [1.54, 1.807) is 20.8 Å². The number of rotatable bonds is 19. The van der Waals surface area contributed by atoms with Gasteiger partial charge >= 0.3 is 12.1 Å². The molecule has 0 aromatic heterocycles. The fourth-order valence-corrected chi connectivity index (χ4v) is 4.22. The van der Waals surface area contributed by atoms with Crippen LogP contribution in [-0.4, -0.2) is 40.6 Å². The van der Waals surface area contributed by atoms with Crippen LogP contribution in [-0.2, 0) is 14.3 Å². The number of carboxylic acids is 1. The van der Waals surface area contributed by atoms with Gasteiger partial charge in [0, 0.05) is 17.8 Å². The molecule has 1 atom stereocenters. The third-order valence-corrected chi connectivity index (χ3v) is 6.37. The van der Waals surface area contributed by atoms with Crippen molar-refractivity contribution in [3.8, 4) is 0 Å². The van der Waals surface area contributed by atoms with Gasteiger partial charge in [-0.2, -0.15) is 0 Å². The Morgan fingerprint density at radius 2 is 1.25 bits per heavy atom. The number of unbranched alkanes of at least 4 members (excludes halogenated alkanes) is 12. The van der Waals surface area contributed by atoms with Gasteiger partial charge in [0.1, 0.15) is 11.6 Å². The largest absolute Gasteiger partial charge is 0.478 e. The lowest BCUT2D eigenvalue weighted by molar-refractivity contribution is -0.118. The predicted molar refractivity (Wildman–Crippen MR) is 160 cm³/mol. The monoisotopic (exact) mass is 561 g/mol. The van der Waals surface area contributed by atoms with Crippen LogP contribution in [0.25, 0.3) is 0 Å². The van der Waals surface area contributed by atoms with Crippen molar-refractivity contribution in [3.63, 3.8) is 0 Å². The maximum Gasteiger partial charge on any atom is 0.408 e. The van der Waals surface area contributed by atoms with E-state index < -0.39 is 29.6 Å². The smallest absolute Gasteiger partial charge is 0.408 e. The molecule has 0 saturated carbocycles. The molecule has 0 radical (unpaired) electrons. The van der Waals surface area contributed by atoms with Crippen molar-refractivity contribution in [1.29, 1.82) is 0 Å². The Morgan fingerprint density at radius 1 is 0.775 bits per heavy atom. The number of amides is 3. The van der Waals surface area contributed by atoms with Crippen molar-refractivity contribution < 1.29 is 29.0 Å². The van der Waals surface area contributed by atoms with E-state index in [9.17, 15) is 24.3 Å². The number of alkyl carbamates (subject to hydrolysis) is 1. The molecule has 0 aliphatic rings. The SMILES string of the molecule is CCCCCCCCCCCCCCCC(=O)Nc1cc(NC(=O)[C@H](C)NC(=O)OC(C)(C)C)cc(C(=O)O)c1. The Bertz CT molecular complexity index is 941. The molecule has 0 aliphatic heterocycles. The standard InChI is InChI=1S/C31H51N3O6/c1-6-7-8-9-10-11-12-13-14-15-16-17-18-19-27(35)33-25-20-24(29(37)38)21-26(22-25)34-28(36)23(2)32-30(39)40-31(3,4)5/h20-23H,6-19H2,1-5H3,(H,32,39)(H,33,35)(H,34,36)(H,37,38)/t23-/m0/s1. The lowest BCUT2D eigenvalue weighted by Crippen LogP contribution is -2.44. The van der Waals surface area contributed by atoms with Crippen LogP contribution in [0, 0.1) is 0 Å². The molecule has 4 N–H and O–H groups in total. The Kier molecular flexibility index (Phi) is 16.6. The maximum atomic E-state index is 12.6. The number of anilines is 2. The average molecular weight is 562 g/mol. The second kappa shape index (κ2) is 19.1. The first-order chi connectivity index (χ1) is 18.9. The van der Waals surface area contributed by atoms with Crippen LogP contribution in [0.1, 0.15) is 135 Å². The lowest BCUT2D eigenvalue weighted by Gasteiger charge is -2.21. The van der Waals surface area contributed by atoms with Crippen LogP contribution < -0.4 is 16.0 Å². The van der Waals surface area contributed by atoms with E-state index >= 15 is 0 Å². The first kappa shape index (κ1) is 34.9. The molecule has 40 heavy (non-hydrogen) atoms. The molecule has 9 nitrogen and oxygen atoms in total. The zero-order valence-electron chi connectivity index (χ0n) is 25.2. The lowest BCUT2D eigenvalue weighted by atomic mass is 10.0. The number of aromatic carboxylic acids is 1. The van der Waals surface area contributed by atoms with Gasteiger partial charge in [0.15, 0.2) is 0 Å². The highest BCUT2D eigenvalue weighted by Crippen LogP contribution is 2.21. The molecule has 0 fully saturated rings. The highest BCUT2D eigenvalue weighted by molar-refractivity contribution is 6.00. The second-order valence-electron chi connectivity index (χ2n) is 11.5. The van der Waals surface area contributed by atoms with E-state index in [4.69, 9.17) is 4.74 Å². The molecule has 226 valence electrons. The molecule has 0 saturated heterocycles. The van der Waals surface area contributed by atoms with Gasteiger partial charge in [-0.05, 0) is 52.3 Å². The number of carbonyl (C=O) groups excluding carboxylic acids is 3. The normalized spacial score (nSPS) is 11.9. The Labute approximate surface area is 240 Å². The summed E-state index contributed by atoms with van der Waals surface area (Å²) in [6.07, 6.45) is 15.5. The molecule has 0 spiro atoms. The Balaban J connectivity index is 2.43. The summed E-state index contributed by atoms with van der Waals surface area (Å²) in [6.45, 7) is 8.86. The molecule has 9 heteroatoms. The third kappa shape index (κ3) is 16.8. The van der Waals surface area contributed by atoms with Crippen LogP contribution in [0.3, 0.4) is 0 Å². The van der Waals surface area contributed by atoms with Crippen molar-refractivity contribution in [1.82, 2.24) is 5.32 Å². The van der Waals surface area contributed by atoms with Crippen LogP contribution >= 0.6 is 0 Å². The number of ether oxygens (including phenoxy) is 1. The molecular weight excluding hydrogens is 510 g/mol. The zero-order valence-corrected chi connectivity index (χ0v) is 25.2. The molecular formula is C31H51N3O6. The number of carboxylic acid groups (broad SMARTS) is 1. The van der Waals surface area contributed by atoms with E-state index in [2.05, 4.69) is 22.9 Å². The van der Waals surface area contributed by atoms with E-state index in [1.807, 2.05) is 0 Å². The molecule has 1 rings (SSSR count). The van der Waals surface area contributed by atoms with Gasteiger partial charge in [0.05, 0.1) is 5.56 Å². The summed E-state index contributed by atoms with van der Waals surface area (Å²) < 4.78 is 5.15. The number of hydrogen-bond donors (Lipinski definition) is 4. The van der Waals surface area contributed by atoms with Crippen molar-refractivity contribution in [2.45, 2.75) is 136 Å². The van der Waals surface area contributed by atoms with Gasteiger partial charge < -0.3 is 25.8 Å². The third-order valence-electron chi connectivity index (χ3n) is 6.37. The van der Waals surface area contributed by atoms with Crippen molar-refractivity contribution in [2.75, 3.05) is 10.6 Å². The number of hydrogen-bond acceptors (Lipinski definition) is 5. The molecule has 0 heterocycles. The Morgan fingerprint density at radius 3 is 1.73 bits per heavy atom. The van der Waals surface area contributed by atoms with Crippen LogP contribution in [0.2, 0.25) is 0 Å². The topological polar surface area (TPSA) is 134 Å². The van der Waals surface area contributed by atoms with Crippen LogP contribution in [0.4, 0.5) is 16.2 Å². The van der Waals surface area contributed by atoms with E-state index in [1.165, 1.54) is 89.3 Å². The highest BCUT2D eigenvalue weighted by atomic mass is 16.6. The molecule has 3 amide bonds. The number of benzene rings is 1. The molecule has 0 aliphatic carbocycles. The minimum atomic E-state index is -1.19. The quantitative estimate of drug-likeness (QED) is 0.128. The van der Waals surface area contributed by atoms with Gasteiger partial charge in [-0.3, -0.25) is 9.59 Å². The van der Waals surface area contributed by atoms with Crippen molar-refractivity contribution in [3.05, 3.63) is 23.8 Å². The number of carbonyl (C=O) groups is 4. The van der Waals surface area contributed by atoms with Gasteiger partial charge in [0.25, 0.3) is 0 Å². The molecule has 1 aromatic rings. The van der Waals surface area contributed by atoms with Gasteiger partial charge in [-0.1, -0.05) is 84.0 Å². The summed E-state index contributed by atoms with van der Waals surface area (Å²) in [5.41, 5.74) is -0.320. The van der Waals surface area contributed by atoms with Crippen molar-refractivity contribution in [2.24, 2.45) is 0 Å². The minimum absolute atomic E-state index is 0.0817. The van der Waals surface area contributed by atoms with Crippen molar-refractivity contribution >= 4 is 35.3 Å². The van der Waals surface area contributed by atoms with E-state index in [-0.39, 0.29) is 22.8 Å². The second-order valence-corrected chi connectivity index (χ2v) is 11.5. The van der Waals surface area contributed by atoms with Crippen LogP contribution in [0.5, 0.6) is 0 Å². The fourth-order valence-electron chi connectivity index (χ4n) is 4.22. The summed E-state index contributed by atoms with van der Waals surface area (Å²) in [6, 6.07) is 3.20. The number of nitrogens with one attached hydrogen (secondary N) is 3. The summed E-state index contributed by atoms with van der Waals surface area (Å²) in [7, 11) is 0.